The summed E-state index contributed by atoms with van der Waals surface area (Å²) < 4.78 is 0. The number of hydrogen-bond donors (Lipinski definition) is 3. The van der Waals surface area contributed by atoms with Crippen LogP contribution >= 0.6 is 0 Å². The molecule has 1 aromatic carbocycles. The number of rotatable bonds is 6. The van der Waals surface area contributed by atoms with E-state index in [0.29, 0.717) is 30.3 Å². The van der Waals surface area contributed by atoms with Gasteiger partial charge >= 0.3 is 0 Å². The van der Waals surface area contributed by atoms with Crippen molar-refractivity contribution in [3.63, 3.8) is 0 Å². The molecule has 1 saturated heterocycles. The normalized spacial score (nSPS) is 15.2. The molecule has 0 bridgehead atoms. The number of anilines is 2. The minimum absolute atomic E-state index is 0.292. The number of carbonyl (C=O) groups excluding carboxylic acids is 1. The summed E-state index contributed by atoms with van der Waals surface area (Å²) >= 11 is 0. The summed E-state index contributed by atoms with van der Waals surface area (Å²) in [7, 11) is 0. The van der Waals surface area contributed by atoms with Crippen LogP contribution in [0.25, 0.3) is 0 Å². The first kappa shape index (κ1) is 17.2. The lowest BCUT2D eigenvalue weighted by Crippen LogP contribution is -2.34. The van der Waals surface area contributed by atoms with Gasteiger partial charge in [0.1, 0.15) is 0 Å². The van der Waals surface area contributed by atoms with Gasteiger partial charge in [-0.3, -0.25) is 9.78 Å². The maximum Gasteiger partial charge on any atom is 0.252 e. The Kier molecular flexibility index (Phi) is 5.50. The van der Waals surface area contributed by atoms with Gasteiger partial charge in [-0.1, -0.05) is 12.1 Å². The van der Waals surface area contributed by atoms with Gasteiger partial charge in [0.15, 0.2) is 0 Å². The maximum atomic E-state index is 11.4. The molecule has 4 N–H and O–H groups in total. The molecule has 0 radical (unpaired) electrons. The van der Waals surface area contributed by atoms with E-state index in [1.54, 1.807) is 12.3 Å². The largest absolute Gasteiger partial charge is 0.396 e. The van der Waals surface area contributed by atoms with Gasteiger partial charge in [-0.05, 0) is 42.5 Å². The number of nitrogens with one attached hydrogen (secondary N) is 1. The Bertz CT molecular complexity index is 710. The van der Waals surface area contributed by atoms with E-state index in [-0.39, 0.29) is 0 Å². The van der Waals surface area contributed by atoms with Gasteiger partial charge in [0.25, 0.3) is 5.91 Å². The minimum atomic E-state index is -0.489. The standard InChI is InChI=1S/C19H24N4O2/c20-19(25)17-12-21-8-5-18(17)22-11-14-1-3-16(4-2-14)23-9-6-15(13-24)7-10-23/h1-5,8,12,15,24H,6-7,9-11,13H2,(H2,20,25)(H,21,22). The number of piperidine rings is 1. The molecular formula is C19H24N4O2. The zero-order valence-electron chi connectivity index (χ0n) is 14.2. The molecule has 6 nitrogen and oxygen atoms in total. The number of aliphatic hydroxyl groups excluding tert-OH is 1. The van der Waals surface area contributed by atoms with Gasteiger partial charge in [-0.2, -0.15) is 0 Å². The highest BCUT2D eigenvalue weighted by atomic mass is 16.3. The van der Waals surface area contributed by atoms with Crippen LogP contribution < -0.4 is 16.0 Å². The second-order valence-corrected chi connectivity index (χ2v) is 6.42. The summed E-state index contributed by atoms with van der Waals surface area (Å²) in [6, 6.07) is 10.2. The summed E-state index contributed by atoms with van der Waals surface area (Å²) in [6.07, 6.45) is 5.19. The number of aliphatic hydroxyl groups is 1. The summed E-state index contributed by atoms with van der Waals surface area (Å²) in [6.45, 7) is 2.88. The Morgan fingerprint density at radius 2 is 1.96 bits per heavy atom. The Morgan fingerprint density at radius 1 is 1.24 bits per heavy atom. The van der Waals surface area contributed by atoms with Gasteiger partial charge in [-0.25, -0.2) is 0 Å². The zero-order valence-corrected chi connectivity index (χ0v) is 14.2. The topological polar surface area (TPSA) is 91.5 Å². The second kappa shape index (κ2) is 7.98. The molecule has 0 atom stereocenters. The van der Waals surface area contributed by atoms with E-state index in [9.17, 15) is 9.90 Å². The first-order valence-electron chi connectivity index (χ1n) is 8.60. The fourth-order valence-corrected chi connectivity index (χ4v) is 3.14. The van der Waals surface area contributed by atoms with Crippen LogP contribution in [0.4, 0.5) is 11.4 Å². The number of benzene rings is 1. The van der Waals surface area contributed by atoms with Gasteiger partial charge < -0.3 is 21.1 Å². The van der Waals surface area contributed by atoms with Crippen molar-refractivity contribution in [1.29, 1.82) is 0 Å². The number of primary amides is 1. The fraction of sp³-hybridized carbons (Fsp3) is 0.368. The first-order chi connectivity index (χ1) is 12.2. The zero-order chi connectivity index (χ0) is 17.6. The van der Waals surface area contributed by atoms with E-state index in [1.807, 2.05) is 0 Å². The van der Waals surface area contributed by atoms with Crippen molar-refractivity contribution in [2.75, 3.05) is 29.9 Å². The van der Waals surface area contributed by atoms with Crippen LogP contribution in [-0.2, 0) is 6.54 Å². The number of nitrogens with zero attached hydrogens (tertiary/aromatic N) is 2. The number of amides is 1. The molecule has 2 heterocycles. The van der Waals surface area contributed by atoms with Gasteiger partial charge in [0.2, 0.25) is 0 Å². The summed E-state index contributed by atoms with van der Waals surface area (Å²) in [4.78, 5) is 17.7. The molecule has 1 aliphatic heterocycles. The van der Waals surface area contributed by atoms with Crippen LogP contribution in [0.2, 0.25) is 0 Å². The van der Waals surface area contributed by atoms with Crippen LogP contribution in [0.15, 0.2) is 42.7 Å². The Balaban J connectivity index is 1.59. The molecule has 0 spiro atoms. The van der Waals surface area contributed by atoms with Crippen molar-refractivity contribution >= 4 is 17.3 Å². The lowest BCUT2D eigenvalue weighted by molar-refractivity contribution is 0.100. The van der Waals surface area contributed by atoms with Crippen molar-refractivity contribution in [2.24, 2.45) is 11.7 Å². The van der Waals surface area contributed by atoms with Crippen LogP contribution in [-0.4, -0.2) is 35.7 Å². The van der Waals surface area contributed by atoms with Crippen LogP contribution in [0, 0.1) is 5.92 Å². The number of aromatic nitrogens is 1. The number of hydrogen-bond acceptors (Lipinski definition) is 5. The molecule has 25 heavy (non-hydrogen) atoms. The predicted molar refractivity (Wildman–Crippen MR) is 98.5 cm³/mol. The number of nitrogens with two attached hydrogens (primary N) is 1. The van der Waals surface area contributed by atoms with E-state index in [1.165, 1.54) is 11.9 Å². The predicted octanol–water partition coefficient (Wildman–Crippen LogP) is 2.00. The third kappa shape index (κ3) is 4.28. The second-order valence-electron chi connectivity index (χ2n) is 6.42. The van der Waals surface area contributed by atoms with Crippen molar-refractivity contribution in [3.05, 3.63) is 53.9 Å². The Hall–Kier alpha value is -2.60. The smallest absolute Gasteiger partial charge is 0.252 e. The summed E-state index contributed by atoms with van der Waals surface area (Å²) in [5.74, 6) is -0.0447. The average Bonchev–Trinajstić information content (AvgIpc) is 2.67. The average molecular weight is 340 g/mol. The van der Waals surface area contributed by atoms with Crippen LogP contribution in [0.1, 0.15) is 28.8 Å². The molecule has 132 valence electrons. The number of pyridine rings is 1. The van der Waals surface area contributed by atoms with Crippen molar-refractivity contribution in [3.8, 4) is 0 Å². The molecular weight excluding hydrogens is 316 g/mol. The molecule has 1 aromatic heterocycles. The van der Waals surface area contributed by atoms with Crippen molar-refractivity contribution in [2.45, 2.75) is 19.4 Å². The van der Waals surface area contributed by atoms with E-state index < -0.39 is 5.91 Å². The molecule has 3 rings (SSSR count). The lowest BCUT2D eigenvalue weighted by atomic mass is 9.97. The molecule has 2 aromatic rings. The molecule has 0 saturated carbocycles. The van der Waals surface area contributed by atoms with Gasteiger partial charge in [-0.15, -0.1) is 0 Å². The molecule has 1 aliphatic rings. The monoisotopic (exact) mass is 340 g/mol. The third-order valence-electron chi connectivity index (χ3n) is 4.74. The van der Waals surface area contributed by atoms with E-state index >= 15 is 0 Å². The Labute approximate surface area is 147 Å². The highest BCUT2D eigenvalue weighted by molar-refractivity contribution is 5.98. The highest BCUT2D eigenvalue weighted by Crippen LogP contribution is 2.23. The van der Waals surface area contributed by atoms with Gasteiger partial charge in [0.05, 0.1) is 11.3 Å². The van der Waals surface area contributed by atoms with E-state index in [0.717, 1.165) is 31.5 Å². The molecule has 0 unspecified atom stereocenters. The summed E-state index contributed by atoms with van der Waals surface area (Å²) in [5, 5.41) is 12.5. The van der Waals surface area contributed by atoms with Gasteiger partial charge in [0, 0.05) is 44.3 Å². The molecule has 1 fully saturated rings. The van der Waals surface area contributed by atoms with Crippen molar-refractivity contribution < 1.29 is 9.90 Å². The fourth-order valence-electron chi connectivity index (χ4n) is 3.14. The minimum Gasteiger partial charge on any atom is -0.396 e. The SMILES string of the molecule is NC(=O)c1cnccc1NCc1ccc(N2CCC(CO)CC2)cc1. The number of carbonyl (C=O) groups is 1. The van der Waals surface area contributed by atoms with E-state index in [2.05, 4.69) is 39.5 Å². The molecule has 1 amide bonds. The van der Waals surface area contributed by atoms with Crippen LogP contribution in [0.3, 0.4) is 0 Å². The first-order valence-corrected chi connectivity index (χ1v) is 8.60. The van der Waals surface area contributed by atoms with Crippen molar-refractivity contribution in [1.82, 2.24) is 4.98 Å². The summed E-state index contributed by atoms with van der Waals surface area (Å²) in [5.41, 5.74) is 8.79. The lowest BCUT2D eigenvalue weighted by Gasteiger charge is -2.33. The molecule has 0 aliphatic carbocycles. The molecule has 6 heteroatoms. The van der Waals surface area contributed by atoms with E-state index in [4.69, 9.17) is 5.73 Å². The van der Waals surface area contributed by atoms with Crippen LogP contribution in [0.5, 0.6) is 0 Å². The highest BCUT2D eigenvalue weighted by Gasteiger charge is 2.18. The third-order valence-corrected chi connectivity index (χ3v) is 4.74. The Morgan fingerprint density at radius 3 is 2.60 bits per heavy atom. The quantitative estimate of drug-likeness (QED) is 0.748. The maximum absolute atomic E-state index is 11.4.